The van der Waals surface area contributed by atoms with Crippen molar-refractivity contribution in [2.75, 3.05) is 26.4 Å². The first-order valence-electron chi connectivity index (χ1n) is 5.40. The molecule has 15 heavy (non-hydrogen) atoms. The average molecular weight is 212 g/mol. The van der Waals surface area contributed by atoms with Crippen LogP contribution in [0.2, 0.25) is 0 Å². The Morgan fingerprint density at radius 3 is 3.07 bits per heavy atom. The molecule has 1 rings (SSSR count). The second kappa shape index (κ2) is 7.45. The molecule has 0 bridgehead atoms. The molecule has 4 heteroatoms. The quantitative estimate of drug-likeness (QED) is 0.621. The number of nitrogens with zero attached hydrogens (tertiary/aromatic N) is 1. The summed E-state index contributed by atoms with van der Waals surface area (Å²) in [5, 5.41) is 11.8. The lowest BCUT2D eigenvalue weighted by molar-refractivity contribution is 0.0870. The molecule has 0 fully saturated rings. The van der Waals surface area contributed by atoms with Crippen LogP contribution in [0.4, 0.5) is 0 Å². The van der Waals surface area contributed by atoms with E-state index in [1.54, 1.807) is 0 Å². The molecule has 0 aliphatic heterocycles. The Kier molecular flexibility index (Phi) is 6.08. The van der Waals surface area contributed by atoms with E-state index >= 15 is 0 Å². The van der Waals surface area contributed by atoms with Crippen molar-refractivity contribution < 1.29 is 9.84 Å². The number of aliphatic hydroxyl groups is 1. The van der Waals surface area contributed by atoms with Gasteiger partial charge in [-0.05, 0) is 18.2 Å². The zero-order valence-electron chi connectivity index (χ0n) is 9.28. The number of nitrogens with one attached hydrogen (secondary N) is 1. The third-order valence-electron chi connectivity index (χ3n) is 2.12. The van der Waals surface area contributed by atoms with Crippen molar-refractivity contribution in [2.24, 2.45) is 0 Å². The van der Waals surface area contributed by atoms with Gasteiger partial charge in [-0.1, -0.05) is 6.92 Å². The second-order valence-corrected chi connectivity index (χ2v) is 3.37. The Bertz CT molecular complexity index is 261. The van der Waals surface area contributed by atoms with Crippen LogP contribution in [0.1, 0.15) is 12.5 Å². The van der Waals surface area contributed by atoms with E-state index in [0.29, 0.717) is 13.2 Å². The van der Waals surface area contributed by atoms with Crippen LogP contribution in [0, 0.1) is 0 Å². The minimum Gasteiger partial charge on any atom is -0.394 e. The van der Waals surface area contributed by atoms with E-state index in [2.05, 4.69) is 35.3 Å². The Balaban J connectivity index is 2.20. The number of ether oxygens (including phenoxy) is 1. The Morgan fingerprint density at radius 2 is 2.33 bits per heavy atom. The molecule has 0 saturated carbocycles. The third-order valence-corrected chi connectivity index (χ3v) is 2.12. The molecule has 0 aliphatic rings. The van der Waals surface area contributed by atoms with Gasteiger partial charge in [-0.2, -0.15) is 0 Å². The van der Waals surface area contributed by atoms with Crippen LogP contribution in [0.15, 0.2) is 18.5 Å². The molecule has 0 atom stereocenters. The fourth-order valence-corrected chi connectivity index (χ4v) is 1.34. The summed E-state index contributed by atoms with van der Waals surface area (Å²) in [6.07, 6.45) is 4.17. The first kappa shape index (κ1) is 12.2. The number of hydrogen-bond acceptors (Lipinski definition) is 3. The lowest BCUT2D eigenvalue weighted by Gasteiger charge is -2.03. The Hall–Kier alpha value is -0.840. The SMILES string of the molecule is CCNCc1ccn(CCOCCO)c1. The van der Waals surface area contributed by atoms with Crippen LogP contribution in [0.25, 0.3) is 0 Å². The lowest BCUT2D eigenvalue weighted by Crippen LogP contribution is -2.11. The Labute approximate surface area is 90.9 Å². The molecule has 1 aromatic heterocycles. The van der Waals surface area contributed by atoms with Gasteiger partial charge in [0.2, 0.25) is 0 Å². The molecule has 4 nitrogen and oxygen atoms in total. The molecule has 2 N–H and O–H groups in total. The summed E-state index contributed by atoms with van der Waals surface area (Å²) in [5.74, 6) is 0. The summed E-state index contributed by atoms with van der Waals surface area (Å²) in [4.78, 5) is 0. The van der Waals surface area contributed by atoms with Gasteiger partial charge in [0, 0.05) is 25.5 Å². The van der Waals surface area contributed by atoms with Crippen LogP contribution in [0.5, 0.6) is 0 Å². The maximum Gasteiger partial charge on any atom is 0.0698 e. The Morgan fingerprint density at radius 1 is 1.47 bits per heavy atom. The fraction of sp³-hybridized carbons (Fsp3) is 0.636. The molecule has 86 valence electrons. The van der Waals surface area contributed by atoms with Gasteiger partial charge in [0.05, 0.1) is 19.8 Å². The van der Waals surface area contributed by atoms with E-state index in [1.165, 1.54) is 5.56 Å². The number of aromatic nitrogens is 1. The fourth-order valence-electron chi connectivity index (χ4n) is 1.34. The van der Waals surface area contributed by atoms with Crippen molar-refractivity contribution in [1.82, 2.24) is 9.88 Å². The summed E-state index contributed by atoms with van der Waals surface area (Å²) in [5.41, 5.74) is 1.29. The monoisotopic (exact) mass is 212 g/mol. The van der Waals surface area contributed by atoms with Crippen LogP contribution < -0.4 is 5.32 Å². The smallest absolute Gasteiger partial charge is 0.0698 e. The van der Waals surface area contributed by atoms with Crippen LogP contribution in [0.3, 0.4) is 0 Å². The first-order valence-corrected chi connectivity index (χ1v) is 5.40. The normalized spacial score (nSPS) is 10.8. The van der Waals surface area contributed by atoms with Gasteiger partial charge >= 0.3 is 0 Å². The van der Waals surface area contributed by atoms with Crippen molar-refractivity contribution in [1.29, 1.82) is 0 Å². The average Bonchev–Trinajstić information content (AvgIpc) is 2.69. The number of aliphatic hydroxyl groups excluding tert-OH is 1. The molecular formula is C11H20N2O2. The highest BCUT2D eigenvalue weighted by atomic mass is 16.5. The number of rotatable bonds is 8. The van der Waals surface area contributed by atoms with E-state index in [-0.39, 0.29) is 6.61 Å². The molecule has 1 aromatic rings. The number of hydrogen-bond donors (Lipinski definition) is 2. The van der Waals surface area contributed by atoms with Crippen LogP contribution in [-0.2, 0) is 17.8 Å². The van der Waals surface area contributed by atoms with E-state index in [1.807, 2.05) is 0 Å². The second-order valence-electron chi connectivity index (χ2n) is 3.37. The van der Waals surface area contributed by atoms with Gasteiger partial charge in [0.15, 0.2) is 0 Å². The third kappa shape index (κ3) is 4.97. The zero-order chi connectivity index (χ0) is 10.9. The minimum atomic E-state index is 0.0946. The molecular weight excluding hydrogens is 192 g/mol. The van der Waals surface area contributed by atoms with Crippen LogP contribution >= 0.6 is 0 Å². The molecule has 0 spiro atoms. The van der Waals surface area contributed by atoms with Gasteiger partial charge in [-0.15, -0.1) is 0 Å². The summed E-state index contributed by atoms with van der Waals surface area (Å²) < 4.78 is 7.29. The maximum atomic E-state index is 8.52. The summed E-state index contributed by atoms with van der Waals surface area (Å²) in [6, 6.07) is 2.11. The highest BCUT2D eigenvalue weighted by Crippen LogP contribution is 2.00. The standard InChI is InChI=1S/C11H20N2O2/c1-2-12-9-11-3-4-13(10-11)5-7-15-8-6-14/h3-4,10,12,14H,2,5-9H2,1H3. The van der Waals surface area contributed by atoms with Crippen molar-refractivity contribution in [3.8, 4) is 0 Å². The highest BCUT2D eigenvalue weighted by Gasteiger charge is 1.96. The minimum absolute atomic E-state index is 0.0946. The molecule has 0 amide bonds. The lowest BCUT2D eigenvalue weighted by atomic mass is 10.3. The van der Waals surface area contributed by atoms with E-state index in [9.17, 15) is 0 Å². The first-order chi connectivity index (χ1) is 7.36. The van der Waals surface area contributed by atoms with Gasteiger partial charge in [0.25, 0.3) is 0 Å². The van der Waals surface area contributed by atoms with Crippen molar-refractivity contribution in [3.05, 3.63) is 24.0 Å². The summed E-state index contributed by atoms with van der Waals surface area (Å²) >= 11 is 0. The van der Waals surface area contributed by atoms with Gasteiger partial charge < -0.3 is 19.7 Å². The molecule has 0 saturated heterocycles. The van der Waals surface area contributed by atoms with E-state index in [4.69, 9.17) is 9.84 Å². The van der Waals surface area contributed by atoms with Gasteiger partial charge in [0.1, 0.15) is 0 Å². The van der Waals surface area contributed by atoms with Crippen molar-refractivity contribution >= 4 is 0 Å². The van der Waals surface area contributed by atoms with Gasteiger partial charge in [-0.25, -0.2) is 0 Å². The molecule has 0 unspecified atom stereocenters. The highest BCUT2D eigenvalue weighted by molar-refractivity contribution is 5.09. The zero-order valence-corrected chi connectivity index (χ0v) is 9.28. The van der Waals surface area contributed by atoms with Crippen LogP contribution in [-0.4, -0.2) is 36.0 Å². The maximum absolute atomic E-state index is 8.52. The molecule has 1 heterocycles. The molecule has 0 aromatic carbocycles. The topological polar surface area (TPSA) is 46.4 Å². The van der Waals surface area contributed by atoms with Crippen molar-refractivity contribution in [3.63, 3.8) is 0 Å². The van der Waals surface area contributed by atoms with Gasteiger partial charge in [-0.3, -0.25) is 0 Å². The van der Waals surface area contributed by atoms with E-state index < -0.39 is 0 Å². The molecule has 0 radical (unpaired) electrons. The molecule has 0 aliphatic carbocycles. The predicted octanol–water partition coefficient (Wildman–Crippen LogP) is 0.606. The van der Waals surface area contributed by atoms with Crippen molar-refractivity contribution in [2.45, 2.75) is 20.0 Å². The predicted molar refractivity (Wildman–Crippen MR) is 59.7 cm³/mol. The largest absolute Gasteiger partial charge is 0.394 e. The summed E-state index contributed by atoms with van der Waals surface area (Å²) in [6.45, 7) is 6.01. The summed E-state index contributed by atoms with van der Waals surface area (Å²) in [7, 11) is 0. The van der Waals surface area contributed by atoms with E-state index in [0.717, 1.165) is 19.6 Å².